The van der Waals surface area contributed by atoms with Gasteiger partial charge in [0.2, 0.25) is 0 Å². The Labute approximate surface area is 127 Å². The number of benzene rings is 1. The standard InChI is InChI=1S/C16H16N2O4/c1-2-10-5-3-4-6-12(10)11-7-13(19)15(17-8-11)16(22)18-9-14(20)21/h3-8,19H,2,9H2,1H3,(H,18,22)(H,20,21). The highest BCUT2D eigenvalue weighted by atomic mass is 16.4. The van der Waals surface area contributed by atoms with Crippen molar-refractivity contribution in [2.24, 2.45) is 0 Å². The third-order valence-corrected chi connectivity index (χ3v) is 3.19. The molecule has 0 spiro atoms. The number of pyridine rings is 1. The summed E-state index contributed by atoms with van der Waals surface area (Å²) in [7, 11) is 0. The third-order valence-electron chi connectivity index (χ3n) is 3.19. The van der Waals surface area contributed by atoms with E-state index in [0.29, 0.717) is 5.56 Å². The van der Waals surface area contributed by atoms with Gasteiger partial charge in [0.15, 0.2) is 5.69 Å². The summed E-state index contributed by atoms with van der Waals surface area (Å²) >= 11 is 0. The van der Waals surface area contributed by atoms with Crippen molar-refractivity contribution in [3.05, 3.63) is 47.8 Å². The SMILES string of the molecule is CCc1ccccc1-c1cnc(C(=O)NCC(=O)O)c(O)c1. The molecule has 114 valence electrons. The van der Waals surface area contributed by atoms with Gasteiger partial charge >= 0.3 is 5.97 Å². The summed E-state index contributed by atoms with van der Waals surface area (Å²) < 4.78 is 0. The number of nitrogens with zero attached hydrogens (tertiary/aromatic N) is 1. The minimum Gasteiger partial charge on any atom is -0.505 e. The van der Waals surface area contributed by atoms with E-state index in [4.69, 9.17) is 5.11 Å². The highest BCUT2D eigenvalue weighted by Crippen LogP contribution is 2.27. The van der Waals surface area contributed by atoms with Crippen LogP contribution < -0.4 is 5.32 Å². The number of aryl methyl sites for hydroxylation is 1. The average molecular weight is 300 g/mol. The van der Waals surface area contributed by atoms with Crippen LogP contribution in [0.2, 0.25) is 0 Å². The molecule has 0 saturated carbocycles. The van der Waals surface area contributed by atoms with Gasteiger partial charge in [0, 0.05) is 11.8 Å². The predicted octanol–water partition coefficient (Wildman–Crippen LogP) is 1.83. The second-order valence-corrected chi connectivity index (χ2v) is 4.68. The molecule has 2 rings (SSSR count). The van der Waals surface area contributed by atoms with Crippen LogP contribution in [0, 0.1) is 0 Å². The number of rotatable bonds is 5. The number of aromatic nitrogens is 1. The fourth-order valence-corrected chi connectivity index (χ4v) is 2.13. The summed E-state index contributed by atoms with van der Waals surface area (Å²) in [5.41, 5.74) is 2.54. The Morgan fingerprint density at radius 3 is 2.64 bits per heavy atom. The number of carboxylic acid groups (broad SMARTS) is 1. The summed E-state index contributed by atoms with van der Waals surface area (Å²) in [6.07, 6.45) is 2.32. The van der Waals surface area contributed by atoms with Crippen LogP contribution in [-0.4, -0.2) is 33.6 Å². The summed E-state index contributed by atoms with van der Waals surface area (Å²) in [5.74, 6) is -2.18. The van der Waals surface area contributed by atoms with Gasteiger partial charge in [-0.05, 0) is 23.6 Å². The van der Waals surface area contributed by atoms with Gasteiger partial charge < -0.3 is 15.5 Å². The summed E-state index contributed by atoms with van der Waals surface area (Å²) in [5, 5.41) is 20.7. The number of carbonyl (C=O) groups is 2. The maximum absolute atomic E-state index is 11.7. The predicted molar refractivity (Wildman–Crippen MR) is 80.7 cm³/mol. The molecule has 0 bridgehead atoms. The van der Waals surface area contributed by atoms with Crippen molar-refractivity contribution < 1.29 is 19.8 Å². The van der Waals surface area contributed by atoms with E-state index in [1.54, 1.807) is 0 Å². The molecule has 0 fully saturated rings. The van der Waals surface area contributed by atoms with Crippen molar-refractivity contribution in [2.45, 2.75) is 13.3 Å². The van der Waals surface area contributed by atoms with Crippen LogP contribution in [0.25, 0.3) is 11.1 Å². The largest absolute Gasteiger partial charge is 0.505 e. The van der Waals surface area contributed by atoms with E-state index < -0.39 is 18.4 Å². The molecule has 0 radical (unpaired) electrons. The van der Waals surface area contributed by atoms with E-state index in [1.165, 1.54) is 12.3 Å². The zero-order valence-corrected chi connectivity index (χ0v) is 12.0. The van der Waals surface area contributed by atoms with Crippen molar-refractivity contribution >= 4 is 11.9 Å². The Hall–Kier alpha value is -2.89. The zero-order chi connectivity index (χ0) is 16.1. The van der Waals surface area contributed by atoms with Crippen LogP contribution >= 0.6 is 0 Å². The van der Waals surface area contributed by atoms with Gasteiger partial charge in [0.1, 0.15) is 12.3 Å². The van der Waals surface area contributed by atoms with Gasteiger partial charge in [-0.25, -0.2) is 4.98 Å². The first-order valence-corrected chi connectivity index (χ1v) is 6.80. The Balaban J connectivity index is 2.30. The average Bonchev–Trinajstić information content (AvgIpc) is 2.52. The van der Waals surface area contributed by atoms with Crippen LogP contribution in [0.5, 0.6) is 5.75 Å². The van der Waals surface area contributed by atoms with Gasteiger partial charge in [0.05, 0.1) is 0 Å². The first-order valence-electron chi connectivity index (χ1n) is 6.80. The molecule has 1 aromatic carbocycles. The highest BCUT2D eigenvalue weighted by Gasteiger charge is 2.15. The lowest BCUT2D eigenvalue weighted by Gasteiger charge is -2.10. The molecule has 0 aliphatic carbocycles. The molecule has 1 amide bonds. The molecule has 0 atom stereocenters. The van der Waals surface area contributed by atoms with Crippen LogP contribution in [-0.2, 0) is 11.2 Å². The molecule has 22 heavy (non-hydrogen) atoms. The van der Waals surface area contributed by atoms with Crippen LogP contribution in [0.4, 0.5) is 0 Å². The lowest BCUT2D eigenvalue weighted by Crippen LogP contribution is -2.29. The smallest absolute Gasteiger partial charge is 0.322 e. The molecule has 1 heterocycles. The van der Waals surface area contributed by atoms with E-state index in [0.717, 1.165) is 17.5 Å². The number of hydrogen-bond donors (Lipinski definition) is 3. The Kier molecular flexibility index (Phi) is 4.73. The molecule has 0 aliphatic heterocycles. The van der Waals surface area contributed by atoms with Crippen molar-refractivity contribution in [3.8, 4) is 16.9 Å². The normalized spacial score (nSPS) is 10.2. The monoisotopic (exact) mass is 300 g/mol. The van der Waals surface area contributed by atoms with Gasteiger partial charge in [-0.1, -0.05) is 31.2 Å². The van der Waals surface area contributed by atoms with Gasteiger partial charge in [-0.2, -0.15) is 0 Å². The number of aliphatic carboxylic acids is 1. The molecule has 6 nitrogen and oxygen atoms in total. The molecule has 0 saturated heterocycles. The fraction of sp³-hybridized carbons (Fsp3) is 0.188. The second kappa shape index (κ2) is 6.71. The lowest BCUT2D eigenvalue weighted by atomic mass is 9.99. The molecule has 1 aromatic heterocycles. The quantitative estimate of drug-likeness (QED) is 0.782. The van der Waals surface area contributed by atoms with Crippen molar-refractivity contribution in [2.75, 3.05) is 6.54 Å². The number of nitrogens with one attached hydrogen (secondary N) is 1. The summed E-state index contributed by atoms with van der Waals surface area (Å²) in [6, 6.07) is 9.18. The first-order chi connectivity index (χ1) is 10.5. The lowest BCUT2D eigenvalue weighted by molar-refractivity contribution is -0.135. The Bertz CT molecular complexity index is 713. The molecule has 0 unspecified atom stereocenters. The minimum atomic E-state index is -1.17. The van der Waals surface area contributed by atoms with Crippen molar-refractivity contribution in [1.29, 1.82) is 0 Å². The van der Waals surface area contributed by atoms with Crippen LogP contribution in [0.15, 0.2) is 36.5 Å². The molecule has 3 N–H and O–H groups in total. The Morgan fingerprint density at radius 1 is 1.27 bits per heavy atom. The highest BCUT2D eigenvalue weighted by molar-refractivity contribution is 5.96. The minimum absolute atomic E-state index is 0.195. The topological polar surface area (TPSA) is 99.5 Å². The molecule has 0 aliphatic rings. The maximum atomic E-state index is 11.7. The molecule has 6 heteroatoms. The van der Waals surface area contributed by atoms with Crippen molar-refractivity contribution in [1.82, 2.24) is 10.3 Å². The Morgan fingerprint density at radius 2 is 2.00 bits per heavy atom. The number of carbonyl (C=O) groups excluding carboxylic acids is 1. The molecular formula is C16H16N2O4. The van der Waals surface area contributed by atoms with E-state index in [1.807, 2.05) is 31.2 Å². The summed E-state index contributed by atoms with van der Waals surface area (Å²) in [6.45, 7) is 1.50. The van der Waals surface area contributed by atoms with Gasteiger partial charge in [-0.15, -0.1) is 0 Å². The fourth-order valence-electron chi connectivity index (χ4n) is 2.13. The molecular weight excluding hydrogens is 284 g/mol. The van der Waals surface area contributed by atoms with Gasteiger partial charge in [0.25, 0.3) is 5.91 Å². The number of hydrogen-bond acceptors (Lipinski definition) is 4. The van der Waals surface area contributed by atoms with E-state index in [-0.39, 0.29) is 11.4 Å². The van der Waals surface area contributed by atoms with Gasteiger partial charge in [-0.3, -0.25) is 9.59 Å². The zero-order valence-electron chi connectivity index (χ0n) is 12.0. The van der Waals surface area contributed by atoms with Crippen molar-refractivity contribution in [3.63, 3.8) is 0 Å². The van der Waals surface area contributed by atoms with E-state index in [9.17, 15) is 14.7 Å². The summed E-state index contributed by atoms with van der Waals surface area (Å²) in [4.78, 5) is 26.1. The second-order valence-electron chi connectivity index (χ2n) is 4.68. The third kappa shape index (κ3) is 3.41. The number of carboxylic acids is 1. The van der Waals surface area contributed by atoms with Crippen LogP contribution in [0.3, 0.4) is 0 Å². The molecule has 2 aromatic rings. The van der Waals surface area contributed by atoms with E-state index >= 15 is 0 Å². The number of amides is 1. The number of aromatic hydroxyl groups is 1. The first kappa shape index (κ1) is 15.5. The van der Waals surface area contributed by atoms with E-state index in [2.05, 4.69) is 10.3 Å². The maximum Gasteiger partial charge on any atom is 0.322 e. The van der Waals surface area contributed by atoms with Crippen LogP contribution in [0.1, 0.15) is 23.0 Å².